The third kappa shape index (κ3) is 49.1. The van der Waals surface area contributed by atoms with Crippen molar-refractivity contribution in [3.8, 4) is 0 Å². The lowest BCUT2D eigenvalue weighted by Gasteiger charge is -2.19. The molecule has 0 aromatic carbocycles. The van der Waals surface area contributed by atoms with E-state index in [1.165, 1.54) is 77.0 Å². The molecular formula is C59H95NO3. The summed E-state index contributed by atoms with van der Waals surface area (Å²) < 4.78 is 0. The number of rotatable bonds is 44. The Bertz CT molecular complexity index is 1350. The molecule has 0 fully saturated rings. The number of nitrogens with one attached hydrogen (secondary N) is 1. The first-order valence-electron chi connectivity index (χ1n) is 25.5. The number of amides is 1. The van der Waals surface area contributed by atoms with Gasteiger partial charge in [-0.3, -0.25) is 4.79 Å². The number of hydrogen-bond acceptors (Lipinski definition) is 3. The zero-order valence-corrected chi connectivity index (χ0v) is 40.5. The Morgan fingerprint density at radius 2 is 0.714 bits per heavy atom. The van der Waals surface area contributed by atoms with Gasteiger partial charge in [-0.05, 0) is 109 Å². The first kappa shape index (κ1) is 59.3. The van der Waals surface area contributed by atoms with Crippen LogP contribution in [-0.4, -0.2) is 34.9 Å². The van der Waals surface area contributed by atoms with E-state index in [1.54, 1.807) is 6.08 Å². The van der Waals surface area contributed by atoms with Gasteiger partial charge in [0.05, 0.1) is 18.8 Å². The number of aliphatic hydroxyl groups is 2. The van der Waals surface area contributed by atoms with Gasteiger partial charge < -0.3 is 15.5 Å². The Hall–Kier alpha value is -3.73. The van der Waals surface area contributed by atoms with E-state index in [9.17, 15) is 15.0 Å². The van der Waals surface area contributed by atoms with Crippen LogP contribution < -0.4 is 5.32 Å². The first-order chi connectivity index (χ1) is 31.2. The van der Waals surface area contributed by atoms with Crippen molar-refractivity contribution >= 4 is 5.91 Å². The van der Waals surface area contributed by atoms with Crippen LogP contribution in [-0.2, 0) is 4.79 Å². The van der Waals surface area contributed by atoms with Crippen LogP contribution in [0, 0.1) is 0 Å². The molecule has 0 saturated heterocycles. The smallest absolute Gasteiger partial charge is 0.220 e. The summed E-state index contributed by atoms with van der Waals surface area (Å²) in [5, 5.41) is 23.0. The monoisotopic (exact) mass is 866 g/mol. The first-order valence-corrected chi connectivity index (χ1v) is 25.5. The summed E-state index contributed by atoms with van der Waals surface area (Å²) in [6, 6.07) is -0.655. The van der Waals surface area contributed by atoms with Gasteiger partial charge in [-0.1, -0.05) is 230 Å². The van der Waals surface area contributed by atoms with E-state index in [0.717, 1.165) is 103 Å². The van der Waals surface area contributed by atoms with Crippen LogP contribution in [0.4, 0.5) is 0 Å². The lowest BCUT2D eigenvalue weighted by Crippen LogP contribution is -2.45. The molecule has 2 unspecified atom stereocenters. The fraction of sp³-hybridized carbons (Fsp3) is 0.576. The summed E-state index contributed by atoms with van der Waals surface area (Å²) in [6.45, 7) is 4.11. The number of carbonyl (C=O) groups is 1. The molecule has 0 aromatic rings. The normalized spacial score (nSPS) is 14.2. The van der Waals surface area contributed by atoms with E-state index in [-0.39, 0.29) is 12.5 Å². The van der Waals surface area contributed by atoms with E-state index in [1.807, 2.05) is 6.08 Å². The van der Waals surface area contributed by atoms with Crippen LogP contribution in [0.5, 0.6) is 0 Å². The molecule has 3 N–H and O–H groups in total. The molecule has 0 spiro atoms. The van der Waals surface area contributed by atoms with Gasteiger partial charge in [0.2, 0.25) is 5.91 Å². The van der Waals surface area contributed by atoms with Crippen molar-refractivity contribution in [3.05, 3.63) is 146 Å². The summed E-state index contributed by atoms with van der Waals surface area (Å²) in [4.78, 5) is 12.4. The van der Waals surface area contributed by atoms with Crippen molar-refractivity contribution in [2.45, 2.75) is 212 Å². The van der Waals surface area contributed by atoms with Crippen molar-refractivity contribution in [1.29, 1.82) is 0 Å². The van der Waals surface area contributed by atoms with Crippen LogP contribution in [0.2, 0.25) is 0 Å². The molecule has 63 heavy (non-hydrogen) atoms. The number of aliphatic hydroxyl groups excluding tert-OH is 2. The Morgan fingerprint density at radius 3 is 1.11 bits per heavy atom. The number of hydrogen-bond donors (Lipinski definition) is 3. The largest absolute Gasteiger partial charge is 0.394 e. The van der Waals surface area contributed by atoms with E-state index in [4.69, 9.17) is 0 Å². The van der Waals surface area contributed by atoms with Crippen molar-refractivity contribution in [2.24, 2.45) is 0 Å². The Morgan fingerprint density at radius 1 is 0.397 bits per heavy atom. The van der Waals surface area contributed by atoms with Crippen LogP contribution >= 0.6 is 0 Å². The van der Waals surface area contributed by atoms with Crippen molar-refractivity contribution in [1.82, 2.24) is 5.32 Å². The summed E-state index contributed by atoms with van der Waals surface area (Å²) in [5.74, 6) is -0.0900. The average molecular weight is 866 g/mol. The second-order valence-corrected chi connectivity index (χ2v) is 16.5. The molecule has 0 heterocycles. The lowest BCUT2D eigenvalue weighted by molar-refractivity contribution is -0.123. The highest BCUT2D eigenvalue weighted by Crippen LogP contribution is 2.13. The summed E-state index contributed by atoms with van der Waals surface area (Å²) in [5.41, 5.74) is 0. The van der Waals surface area contributed by atoms with Gasteiger partial charge in [0.1, 0.15) is 0 Å². The van der Waals surface area contributed by atoms with E-state index < -0.39 is 12.1 Å². The Kier molecular flexibility index (Phi) is 49.5. The third-order valence-corrected chi connectivity index (χ3v) is 10.5. The molecular weight excluding hydrogens is 771 g/mol. The van der Waals surface area contributed by atoms with Gasteiger partial charge in [0.15, 0.2) is 0 Å². The van der Waals surface area contributed by atoms with Gasteiger partial charge >= 0.3 is 0 Å². The van der Waals surface area contributed by atoms with Crippen molar-refractivity contribution < 1.29 is 15.0 Å². The van der Waals surface area contributed by atoms with Crippen LogP contribution in [0.1, 0.15) is 200 Å². The zero-order chi connectivity index (χ0) is 45.6. The molecule has 0 saturated carbocycles. The average Bonchev–Trinajstić information content (AvgIpc) is 3.29. The summed E-state index contributed by atoms with van der Waals surface area (Å²) in [6.07, 6.45) is 84.1. The molecule has 354 valence electrons. The maximum absolute atomic E-state index is 12.4. The number of unbranched alkanes of at least 4 members (excludes halogenated alkanes) is 15. The van der Waals surface area contributed by atoms with Crippen LogP contribution in [0.15, 0.2) is 146 Å². The van der Waals surface area contributed by atoms with E-state index >= 15 is 0 Å². The van der Waals surface area contributed by atoms with Crippen molar-refractivity contribution in [3.63, 3.8) is 0 Å². The molecule has 0 radical (unpaired) electrons. The molecule has 0 aromatic heterocycles. The van der Waals surface area contributed by atoms with Gasteiger partial charge in [0, 0.05) is 6.42 Å². The molecule has 2 atom stereocenters. The molecule has 0 bridgehead atoms. The lowest BCUT2D eigenvalue weighted by atomic mass is 10.0. The second-order valence-electron chi connectivity index (χ2n) is 16.5. The minimum absolute atomic E-state index is 0.0900. The SMILES string of the molecule is CC/C=C\C/C=C\C/C=C\C/C=C\C/C=C\C/C=C\C/C=C\C/C=C\C/C=C\CCCCCCCCCCCCCC(=O)NC(CO)C(O)/C=C/CC/C=C/CC/C=C/CCCC. The molecule has 0 rings (SSSR count). The van der Waals surface area contributed by atoms with E-state index in [2.05, 4.69) is 153 Å². The fourth-order valence-corrected chi connectivity index (χ4v) is 6.66. The number of carbonyl (C=O) groups excluding carboxylic acids is 1. The van der Waals surface area contributed by atoms with Gasteiger partial charge in [0.25, 0.3) is 0 Å². The topological polar surface area (TPSA) is 69.6 Å². The highest BCUT2D eigenvalue weighted by Gasteiger charge is 2.17. The minimum Gasteiger partial charge on any atom is -0.394 e. The molecule has 4 heteroatoms. The quantitative estimate of drug-likeness (QED) is 0.0422. The Balaban J connectivity index is 3.63. The summed E-state index contributed by atoms with van der Waals surface area (Å²) in [7, 11) is 0. The maximum atomic E-state index is 12.4. The minimum atomic E-state index is -0.879. The zero-order valence-electron chi connectivity index (χ0n) is 40.5. The van der Waals surface area contributed by atoms with Gasteiger partial charge in [-0.15, -0.1) is 0 Å². The highest BCUT2D eigenvalue weighted by molar-refractivity contribution is 5.76. The van der Waals surface area contributed by atoms with E-state index in [0.29, 0.717) is 6.42 Å². The highest BCUT2D eigenvalue weighted by atomic mass is 16.3. The fourth-order valence-electron chi connectivity index (χ4n) is 6.66. The maximum Gasteiger partial charge on any atom is 0.220 e. The van der Waals surface area contributed by atoms with Gasteiger partial charge in [-0.25, -0.2) is 0 Å². The third-order valence-electron chi connectivity index (χ3n) is 10.5. The molecule has 4 nitrogen and oxygen atoms in total. The van der Waals surface area contributed by atoms with Crippen molar-refractivity contribution in [2.75, 3.05) is 6.61 Å². The molecule has 0 aliphatic rings. The summed E-state index contributed by atoms with van der Waals surface area (Å²) >= 11 is 0. The predicted molar refractivity (Wildman–Crippen MR) is 280 cm³/mol. The molecule has 0 aliphatic carbocycles. The molecule has 1 amide bonds. The molecule has 0 aliphatic heterocycles. The van der Waals surface area contributed by atoms with Crippen LogP contribution in [0.3, 0.4) is 0 Å². The Labute approximate surface area is 389 Å². The number of allylic oxidation sites excluding steroid dienone is 23. The second kappa shape index (κ2) is 52.6. The standard InChI is InChI=1S/C59H95NO3/c1-3-5-7-9-11-13-15-17-18-19-20-21-22-23-24-25-26-27-28-29-30-31-32-33-34-35-36-37-38-39-40-41-42-43-45-47-49-51-53-55-59(63)60-57(56-61)58(62)54-52-50-48-46-44-16-14-12-10-8-6-4-2/h5,7,10-13,17-18,20-21,23-24,26-27,29-30,32-33,35-36,44,46,52,54,57-58,61-62H,3-4,6,8-9,14-16,19,22,25,28,31,34,37-43,45,47-51,53,55-56H2,1-2H3,(H,60,63)/b7-5-,12-10+,13-11-,18-17-,21-20-,24-23-,27-26-,30-29-,33-32-,36-35-,46-44+,54-52+. The van der Waals surface area contributed by atoms with Crippen LogP contribution in [0.25, 0.3) is 0 Å². The van der Waals surface area contributed by atoms with Gasteiger partial charge in [-0.2, -0.15) is 0 Å². The predicted octanol–water partition coefficient (Wildman–Crippen LogP) is 16.9.